The molecule has 0 amide bonds. The molecule has 12 heavy (non-hydrogen) atoms. The van der Waals surface area contributed by atoms with Gasteiger partial charge < -0.3 is 0 Å². The van der Waals surface area contributed by atoms with Crippen LogP contribution in [-0.4, -0.2) is 32.1 Å². The zero-order valence-electron chi connectivity index (χ0n) is 6.74. The third-order valence-corrected chi connectivity index (χ3v) is 2.72. The molecule has 0 aliphatic carbocycles. The van der Waals surface area contributed by atoms with Crippen LogP contribution in [0.2, 0.25) is 0 Å². The number of esters is 1. The first-order valence-corrected chi connectivity index (χ1v) is 5.42. The molecule has 0 aromatic carbocycles. The summed E-state index contributed by atoms with van der Waals surface area (Å²) < 4.78 is 5.38. The van der Waals surface area contributed by atoms with Crippen molar-refractivity contribution in [3.63, 3.8) is 0 Å². The van der Waals surface area contributed by atoms with Crippen LogP contribution >= 0.6 is 0 Å². The van der Waals surface area contributed by atoms with Crippen molar-refractivity contribution in [3.05, 3.63) is 10.6 Å². The fourth-order valence-electron chi connectivity index (χ4n) is 0.764. The predicted molar refractivity (Wildman–Crippen MR) is 45.9 cm³/mol. The van der Waals surface area contributed by atoms with Crippen molar-refractivity contribution < 1.29 is 9.53 Å². The number of nitrogens with two attached hydrogens (primary N) is 1. The fraction of sp³-hybridized carbons (Fsp3) is 0.429. The second-order valence-corrected chi connectivity index (χ2v) is 4.03. The van der Waals surface area contributed by atoms with Gasteiger partial charge in [-0.15, -0.1) is 0 Å². The molecule has 4 nitrogen and oxygen atoms in total. The first-order chi connectivity index (χ1) is 5.72. The first kappa shape index (κ1) is 9.29. The monoisotopic (exact) mass is 234 g/mol. The second kappa shape index (κ2) is 4.28. The number of hydrogen-bond acceptors (Lipinski definition) is 4. The van der Waals surface area contributed by atoms with Gasteiger partial charge in [-0.3, -0.25) is 0 Å². The Morgan fingerprint density at radius 2 is 2.58 bits per heavy atom. The quantitative estimate of drug-likeness (QED) is 0.581. The van der Waals surface area contributed by atoms with Crippen LogP contribution in [-0.2, 0) is 16.0 Å². The minimum absolute atomic E-state index is 0.141. The number of carbonyl (C=O) groups is 1. The Morgan fingerprint density at radius 3 is 3.08 bits per heavy atom. The van der Waals surface area contributed by atoms with Crippen molar-refractivity contribution in [3.8, 4) is 0 Å². The van der Waals surface area contributed by atoms with Gasteiger partial charge in [-0.25, -0.2) is 0 Å². The Kier molecular flexibility index (Phi) is 3.31. The van der Waals surface area contributed by atoms with Crippen molar-refractivity contribution in [2.24, 2.45) is 0 Å². The van der Waals surface area contributed by atoms with E-state index in [1.165, 1.54) is 0 Å². The van der Waals surface area contributed by atoms with Gasteiger partial charge in [0.15, 0.2) is 0 Å². The molecular formula is C7H10N2O2Se. The van der Waals surface area contributed by atoms with E-state index in [1.54, 1.807) is 6.92 Å². The molecular weight excluding hydrogens is 223 g/mol. The van der Waals surface area contributed by atoms with E-state index in [0.717, 1.165) is 5.69 Å². The molecule has 0 atom stereocenters. The van der Waals surface area contributed by atoms with Crippen molar-refractivity contribution >= 4 is 25.2 Å². The Morgan fingerprint density at radius 1 is 1.83 bits per heavy atom. The predicted octanol–water partition coefficient (Wildman–Crippen LogP) is -0.174. The van der Waals surface area contributed by atoms with Crippen LogP contribution < -0.4 is 5.73 Å². The van der Waals surface area contributed by atoms with Crippen LogP contribution in [0.25, 0.3) is 0 Å². The number of carbonyl (C=O) groups excluding carboxylic acids is 1. The molecule has 0 unspecified atom stereocenters. The molecule has 0 fully saturated rings. The molecule has 0 saturated carbocycles. The Bertz CT molecular complexity index is 272. The first-order valence-electron chi connectivity index (χ1n) is 3.58. The van der Waals surface area contributed by atoms with Gasteiger partial charge in [0.1, 0.15) is 0 Å². The summed E-state index contributed by atoms with van der Waals surface area (Å²) in [7, 11) is 0. The van der Waals surface area contributed by atoms with E-state index in [2.05, 4.69) is 4.98 Å². The van der Waals surface area contributed by atoms with E-state index in [4.69, 9.17) is 10.5 Å². The number of hydrogen-bond donors (Lipinski definition) is 1. The topological polar surface area (TPSA) is 65.2 Å². The fourth-order valence-corrected chi connectivity index (χ4v) is 1.94. The molecule has 1 rings (SSSR count). The van der Waals surface area contributed by atoms with Gasteiger partial charge in [0.2, 0.25) is 0 Å². The average Bonchev–Trinajstić information content (AvgIpc) is 2.36. The summed E-state index contributed by atoms with van der Waals surface area (Å²) in [5.74, 6) is -0.238. The number of anilines is 1. The van der Waals surface area contributed by atoms with Gasteiger partial charge >= 0.3 is 76.0 Å². The molecule has 0 aliphatic heterocycles. The summed E-state index contributed by atoms with van der Waals surface area (Å²) in [6, 6.07) is 0. The van der Waals surface area contributed by atoms with Crippen LogP contribution in [0.5, 0.6) is 0 Å². The summed E-state index contributed by atoms with van der Waals surface area (Å²) in [5, 5.41) is 0. The number of nitrogens with zero attached hydrogens (tertiary/aromatic N) is 1. The van der Waals surface area contributed by atoms with Gasteiger partial charge in [0, 0.05) is 0 Å². The molecule has 1 aromatic rings. The molecule has 0 radical (unpaired) electrons. The molecule has 0 saturated heterocycles. The van der Waals surface area contributed by atoms with Gasteiger partial charge in [-0.2, -0.15) is 0 Å². The summed E-state index contributed by atoms with van der Waals surface area (Å²) in [4.78, 5) is 16.8. The zero-order chi connectivity index (χ0) is 8.97. The minimum atomic E-state index is -0.238. The van der Waals surface area contributed by atoms with Crippen molar-refractivity contribution in [1.82, 2.24) is 4.98 Å². The van der Waals surface area contributed by atoms with Crippen LogP contribution in [0.3, 0.4) is 0 Å². The zero-order valence-corrected chi connectivity index (χ0v) is 8.45. The van der Waals surface area contributed by atoms with Crippen molar-refractivity contribution in [2.75, 3.05) is 12.3 Å². The van der Waals surface area contributed by atoms with Crippen molar-refractivity contribution in [1.29, 1.82) is 0 Å². The molecule has 0 aliphatic rings. The van der Waals surface area contributed by atoms with E-state index in [1.807, 2.05) is 4.94 Å². The Balaban J connectivity index is 2.46. The normalized spacial score (nSPS) is 9.75. The molecule has 0 bridgehead atoms. The average molecular weight is 233 g/mol. The molecule has 2 N–H and O–H groups in total. The molecule has 1 aromatic heterocycles. The van der Waals surface area contributed by atoms with Gasteiger partial charge in [0.25, 0.3) is 0 Å². The molecule has 5 heteroatoms. The third-order valence-electron chi connectivity index (χ3n) is 1.20. The maximum absolute atomic E-state index is 10.9. The maximum atomic E-state index is 10.9. The van der Waals surface area contributed by atoms with Gasteiger partial charge in [-0.1, -0.05) is 0 Å². The van der Waals surface area contributed by atoms with Crippen LogP contribution in [0.15, 0.2) is 4.94 Å². The van der Waals surface area contributed by atoms with E-state index >= 15 is 0 Å². The number of aromatic nitrogens is 1. The molecule has 0 spiro atoms. The Labute approximate surface area is 76.5 Å². The summed E-state index contributed by atoms with van der Waals surface area (Å²) in [6.07, 6.45) is 0.246. The van der Waals surface area contributed by atoms with E-state index < -0.39 is 0 Å². The standard InChI is InChI=1S/C7H10N2O2Se/c1-2-11-6(10)3-5-4-12-7(8)9-5/h4H,2-3H2,1H3,(H2,8,9). The number of nitrogen functional groups attached to an aromatic ring is 1. The third kappa shape index (κ3) is 2.68. The summed E-state index contributed by atoms with van der Waals surface area (Å²) in [5.41, 5.74) is 6.19. The van der Waals surface area contributed by atoms with E-state index in [-0.39, 0.29) is 26.9 Å². The SMILES string of the molecule is CCOC(=O)Cc1c[se]c(N)n1. The Hall–Kier alpha value is -0.801. The molecule has 66 valence electrons. The van der Waals surface area contributed by atoms with Gasteiger partial charge in [-0.05, 0) is 0 Å². The van der Waals surface area contributed by atoms with E-state index in [9.17, 15) is 4.79 Å². The number of ether oxygens (including phenoxy) is 1. The van der Waals surface area contributed by atoms with Crippen LogP contribution in [0, 0.1) is 0 Å². The summed E-state index contributed by atoms with van der Waals surface area (Å²) >= 11 is 0.141. The number of rotatable bonds is 3. The van der Waals surface area contributed by atoms with Crippen LogP contribution in [0.4, 0.5) is 4.69 Å². The van der Waals surface area contributed by atoms with Crippen molar-refractivity contribution in [2.45, 2.75) is 13.3 Å². The van der Waals surface area contributed by atoms with Gasteiger partial charge in [0.05, 0.1) is 0 Å². The summed E-state index contributed by atoms with van der Waals surface area (Å²) in [6.45, 7) is 2.19. The van der Waals surface area contributed by atoms with E-state index in [0.29, 0.717) is 11.3 Å². The second-order valence-electron chi connectivity index (χ2n) is 2.16. The van der Waals surface area contributed by atoms with Crippen LogP contribution in [0.1, 0.15) is 12.6 Å². The molecule has 1 heterocycles.